The normalized spacial score (nSPS) is 15.8. The largest absolute Gasteiger partial charge is 0.441 e. The van der Waals surface area contributed by atoms with Gasteiger partial charge in [-0.3, -0.25) is 14.4 Å². The van der Waals surface area contributed by atoms with Crippen LogP contribution in [0.3, 0.4) is 0 Å². The van der Waals surface area contributed by atoms with Crippen molar-refractivity contribution in [1.29, 1.82) is 0 Å². The number of carbonyl (C=O) groups is 3. The van der Waals surface area contributed by atoms with Gasteiger partial charge in [-0.25, -0.2) is 13.8 Å². The van der Waals surface area contributed by atoms with Crippen LogP contribution in [0.5, 0.6) is 0 Å². The van der Waals surface area contributed by atoms with E-state index in [2.05, 4.69) is 15.6 Å². The second-order valence-corrected chi connectivity index (χ2v) is 6.88. The summed E-state index contributed by atoms with van der Waals surface area (Å²) in [4.78, 5) is 41.6. The van der Waals surface area contributed by atoms with E-state index in [9.17, 15) is 23.2 Å². The zero-order valence-corrected chi connectivity index (χ0v) is 16.4. The summed E-state index contributed by atoms with van der Waals surface area (Å²) in [5.41, 5.74) is 0.0708. The number of benzene rings is 1. The number of rotatable bonds is 7. The number of aromatic nitrogens is 1. The number of nitrogens with zero attached hydrogens (tertiary/aromatic N) is 2. The van der Waals surface area contributed by atoms with Crippen molar-refractivity contribution in [2.24, 2.45) is 0 Å². The molecule has 160 valence electrons. The Kier molecular flexibility index (Phi) is 6.76. The number of nitrogens with one attached hydrogen (secondary N) is 2. The lowest BCUT2D eigenvalue weighted by Gasteiger charge is -2.23. The van der Waals surface area contributed by atoms with E-state index in [1.807, 2.05) is 0 Å². The number of aryl methyl sites for hydroxylation is 1. The highest BCUT2D eigenvalue weighted by Gasteiger charge is 2.33. The van der Waals surface area contributed by atoms with Crippen LogP contribution in [0, 0.1) is 11.6 Å². The maximum absolute atomic E-state index is 13.8. The van der Waals surface area contributed by atoms with Gasteiger partial charge in [0.15, 0.2) is 11.7 Å². The molecular weight excluding hydrogens is 398 g/mol. The molecule has 0 saturated carbocycles. The Morgan fingerprint density at radius 1 is 1.30 bits per heavy atom. The van der Waals surface area contributed by atoms with Gasteiger partial charge in [-0.15, -0.1) is 0 Å². The van der Waals surface area contributed by atoms with E-state index in [0.717, 1.165) is 18.6 Å². The molecule has 8 nitrogen and oxygen atoms in total. The van der Waals surface area contributed by atoms with Crippen LogP contribution in [0.1, 0.15) is 25.2 Å². The van der Waals surface area contributed by atoms with Crippen molar-refractivity contribution in [3.63, 3.8) is 0 Å². The number of hydrogen-bond donors (Lipinski definition) is 2. The average Bonchev–Trinajstić information content (AvgIpc) is 3.39. The molecule has 1 aromatic carbocycles. The van der Waals surface area contributed by atoms with Gasteiger partial charge < -0.3 is 20.0 Å². The first-order valence-electron chi connectivity index (χ1n) is 9.57. The Morgan fingerprint density at radius 2 is 2.10 bits per heavy atom. The Morgan fingerprint density at radius 3 is 2.83 bits per heavy atom. The van der Waals surface area contributed by atoms with Crippen molar-refractivity contribution in [3.8, 4) is 11.3 Å². The van der Waals surface area contributed by atoms with E-state index in [-0.39, 0.29) is 54.3 Å². The molecule has 1 aliphatic rings. The second kappa shape index (κ2) is 9.47. The Bertz CT molecular complexity index is 947. The van der Waals surface area contributed by atoms with Crippen LogP contribution in [0.2, 0.25) is 0 Å². The van der Waals surface area contributed by atoms with E-state index in [0.29, 0.717) is 13.0 Å². The average molecular weight is 420 g/mol. The lowest BCUT2D eigenvalue weighted by atomic mass is 10.2. The molecule has 0 spiro atoms. The van der Waals surface area contributed by atoms with Gasteiger partial charge in [0.2, 0.25) is 17.7 Å². The van der Waals surface area contributed by atoms with Crippen molar-refractivity contribution in [1.82, 2.24) is 20.5 Å². The van der Waals surface area contributed by atoms with Crippen molar-refractivity contribution in [2.45, 2.75) is 31.7 Å². The third kappa shape index (κ3) is 5.00. The summed E-state index contributed by atoms with van der Waals surface area (Å²) in [6.07, 6.45) is 2.80. The molecule has 0 bridgehead atoms. The highest BCUT2D eigenvalue weighted by molar-refractivity contribution is 5.90. The quantitative estimate of drug-likeness (QED) is 0.705. The smallest absolute Gasteiger partial charge is 0.242 e. The summed E-state index contributed by atoms with van der Waals surface area (Å²) in [6, 6.07) is 2.60. The second-order valence-electron chi connectivity index (χ2n) is 6.88. The van der Waals surface area contributed by atoms with Crippen molar-refractivity contribution < 1.29 is 27.6 Å². The molecule has 1 fully saturated rings. The fraction of sp³-hybridized carbons (Fsp3) is 0.400. The van der Waals surface area contributed by atoms with Crippen LogP contribution in [-0.2, 0) is 20.8 Å². The summed E-state index contributed by atoms with van der Waals surface area (Å²) < 4.78 is 32.2. The van der Waals surface area contributed by atoms with E-state index in [4.69, 9.17) is 4.42 Å². The highest BCUT2D eigenvalue weighted by Crippen LogP contribution is 2.24. The first kappa shape index (κ1) is 21.4. The molecule has 1 aromatic heterocycles. The molecule has 2 heterocycles. The van der Waals surface area contributed by atoms with E-state index in [1.54, 1.807) is 0 Å². The molecule has 1 saturated heterocycles. The summed E-state index contributed by atoms with van der Waals surface area (Å²) in [5, 5.41) is 5.06. The molecule has 1 atom stereocenters. The topological polar surface area (TPSA) is 105 Å². The lowest BCUT2D eigenvalue weighted by Crippen LogP contribution is -2.48. The molecule has 0 radical (unpaired) electrons. The Labute approximate surface area is 171 Å². The van der Waals surface area contributed by atoms with Crippen LogP contribution in [0.25, 0.3) is 11.3 Å². The number of halogens is 2. The molecule has 10 heteroatoms. The molecule has 2 aromatic rings. The van der Waals surface area contributed by atoms with Crippen molar-refractivity contribution >= 4 is 17.7 Å². The molecule has 1 unspecified atom stereocenters. The maximum atomic E-state index is 13.8. The van der Waals surface area contributed by atoms with Gasteiger partial charge in [-0.1, -0.05) is 0 Å². The van der Waals surface area contributed by atoms with Crippen LogP contribution in [0.4, 0.5) is 8.78 Å². The third-order valence-electron chi connectivity index (χ3n) is 4.88. The Balaban J connectivity index is 1.48. The SMILES string of the molecule is CNC(=O)C1CCCN1C(=O)CNC(=O)CCc1ncc(-c2ccc(F)cc2F)o1. The minimum Gasteiger partial charge on any atom is -0.441 e. The summed E-state index contributed by atoms with van der Waals surface area (Å²) in [7, 11) is 1.52. The summed E-state index contributed by atoms with van der Waals surface area (Å²) >= 11 is 0. The van der Waals surface area contributed by atoms with Gasteiger partial charge in [0, 0.05) is 32.5 Å². The van der Waals surface area contributed by atoms with E-state index < -0.39 is 17.7 Å². The molecule has 3 amide bonds. The number of likely N-dealkylation sites (tertiary alicyclic amines) is 1. The molecule has 30 heavy (non-hydrogen) atoms. The zero-order valence-electron chi connectivity index (χ0n) is 16.4. The van der Waals surface area contributed by atoms with Crippen molar-refractivity contribution in [2.75, 3.05) is 20.1 Å². The van der Waals surface area contributed by atoms with Crippen molar-refractivity contribution in [3.05, 3.63) is 41.9 Å². The summed E-state index contributed by atoms with van der Waals surface area (Å²) in [6.45, 7) is 0.274. The highest BCUT2D eigenvalue weighted by atomic mass is 19.1. The van der Waals surface area contributed by atoms with Crippen LogP contribution < -0.4 is 10.6 Å². The number of carbonyl (C=O) groups excluding carboxylic acids is 3. The number of oxazole rings is 1. The zero-order chi connectivity index (χ0) is 21.7. The molecule has 3 rings (SSSR count). The van der Waals surface area contributed by atoms with Gasteiger partial charge in [-0.2, -0.15) is 0 Å². The monoisotopic (exact) mass is 420 g/mol. The first-order chi connectivity index (χ1) is 14.4. The van der Waals surface area contributed by atoms with Gasteiger partial charge in [0.05, 0.1) is 18.3 Å². The maximum Gasteiger partial charge on any atom is 0.242 e. The fourth-order valence-electron chi connectivity index (χ4n) is 3.33. The minimum absolute atomic E-state index is 0.0119. The molecule has 0 aliphatic carbocycles. The number of hydrogen-bond acceptors (Lipinski definition) is 5. The predicted octanol–water partition coefficient (Wildman–Crippen LogP) is 1.41. The standard InChI is InChI=1S/C20H22F2N4O4/c1-23-20(29)15-3-2-8-26(15)19(28)11-24-17(27)6-7-18-25-10-16(30-18)13-5-4-12(21)9-14(13)22/h4-5,9-10,15H,2-3,6-8,11H2,1H3,(H,23,29)(H,24,27). The van der Waals surface area contributed by atoms with Gasteiger partial charge in [-0.05, 0) is 25.0 Å². The fourth-order valence-corrected chi connectivity index (χ4v) is 3.33. The van der Waals surface area contributed by atoms with Gasteiger partial charge in [0.1, 0.15) is 17.7 Å². The summed E-state index contributed by atoms with van der Waals surface area (Å²) in [5.74, 6) is -2.04. The van der Waals surface area contributed by atoms with Crippen LogP contribution in [-0.4, -0.2) is 53.8 Å². The van der Waals surface area contributed by atoms with Gasteiger partial charge >= 0.3 is 0 Å². The van der Waals surface area contributed by atoms with Gasteiger partial charge in [0.25, 0.3) is 0 Å². The van der Waals surface area contributed by atoms with E-state index in [1.165, 1.54) is 24.2 Å². The lowest BCUT2D eigenvalue weighted by molar-refractivity contribution is -0.138. The number of likely N-dealkylation sites (N-methyl/N-ethyl adjacent to an activating group) is 1. The third-order valence-corrected chi connectivity index (χ3v) is 4.88. The Hall–Kier alpha value is -3.30. The molecule has 1 aliphatic heterocycles. The molecule has 2 N–H and O–H groups in total. The van der Waals surface area contributed by atoms with Crippen LogP contribution >= 0.6 is 0 Å². The minimum atomic E-state index is -0.772. The van der Waals surface area contributed by atoms with Crippen LogP contribution in [0.15, 0.2) is 28.8 Å². The van der Waals surface area contributed by atoms with E-state index >= 15 is 0 Å². The predicted molar refractivity (Wildman–Crippen MR) is 102 cm³/mol. The first-order valence-corrected chi connectivity index (χ1v) is 9.57. The number of amides is 3. The molecular formula is C20H22F2N4O4.